The van der Waals surface area contributed by atoms with Gasteiger partial charge >= 0.3 is 5.97 Å². The molecule has 0 bridgehead atoms. The summed E-state index contributed by atoms with van der Waals surface area (Å²) < 4.78 is 4.56. The van der Waals surface area contributed by atoms with Gasteiger partial charge in [0.2, 0.25) is 0 Å². The van der Waals surface area contributed by atoms with E-state index >= 15 is 0 Å². The fraction of sp³-hybridized carbons (Fsp3) is 0.750. The molecule has 0 aliphatic carbocycles. The van der Waals surface area contributed by atoms with Gasteiger partial charge in [-0.05, 0) is 19.3 Å². The van der Waals surface area contributed by atoms with Crippen LogP contribution in [0.25, 0.3) is 0 Å². The summed E-state index contributed by atoms with van der Waals surface area (Å²) in [5.41, 5.74) is 0. The predicted octanol–water partition coefficient (Wildman–Crippen LogP) is 3.47. The number of rotatable bonds is 9. The molecule has 0 fully saturated rings. The summed E-state index contributed by atoms with van der Waals surface area (Å²) in [7, 11) is 1.44. The van der Waals surface area contributed by atoms with Gasteiger partial charge in [-0.15, -0.1) is 6.58 Å². The highest BCUT2D eigenvalue weighted by Crippen LogP contribution is 2.08. The van der Waals surface area contributed by atoms with E-state index in [1.807, 2.05) is 6.08 Å². The quantitative estimate of drug-likeness (QED) is 0.322. The van der Waals surface area contributed by atoms with Crippen molar-refractivity contribution in [2.24, 2.45) is 0 Å². The van der Waals surface area contributed by atoms with E-state index in [1.54, 1.807) is 0 Å². The maximum absolute atomic E-state index is 10.8. The average molecular weight is 198 g/mol. The zero-order chi connectivity index (χ0) is 10.6. The summed E-state index contributed by atoms with van der Waals surface area (Å²) in [6, 6.07) is 0. The highest BCUT2D eigenvalue weighted by molar-refractivity contribution is 5.68. The van der Waals surface area contributed by atoms with E-state index in [0.717, 1.165) is 19.3 Å². The highest BCUT2D eigenvalue weighted by Gasteiger charge is 1.98. The third kappa shape index (κ3) is 9.30. The number of hydrogen-bond acceptors (Lipinski definition) is 2. The number of methoxy groups -OCH3 is 1. The Hall–Kier alpha value is -0.790. The predicted molar refractivity (Wildman–Crippen MR) is 59.1 cm³/mol. The molecule has 2 heteroatoms. The lowest BCUT2D eigenvalue weighted by Crippen LogP contribution is -1.99. The number of allylic oxidation sites excluding steroid dienone is 1. The van der Waals surface area contributed by atoms with Gasteiger partial charge in [-0.2, -0.15) is 0 Å². The van der Waals surface area contributed by atoms with Crippen LogP contribution in [-0.4, -0.2) is 13.1 Å². The lowest BCUT2D eigenvalue weighted by molar-refractivity contribution is -0.140. The first-order chi connectivity index (χ1) is 6.81. The lowest BCUT2D eigenvalue weighted by atomic mass is 10.1. The summed E-state index contributed by atoms with van der Waals surface area (Å²) in [5.74, 6) is -0.0864. The molecule has 0 saturated heterocycles. The zero-order valence-electron chi connectivity index (χ0n) is 9.26. The second-order valence-electron chi connectivity index (χ2n) is 3.52. The van der Waals surface area contributed by atoms with Crippen molar-refractivity contribution in [2.75, 3.05) is 7.11 Å². The summed E-state index contributed by atoms with van der Waals surface area (Å²) >= 11 is 0. The number of carbonyl (C=O) groups is 1. The molecular formula is C12H22O2. The van der Waals surface area contributed by atoms with Crippen LogP contribution in [0, 0.1) is 0 Å². The molecule has 0 aromatic rings. The molecule has 0 heterocycles. The average Bonchev–Trinajstić information content (AvgIpc) is 2.21. The minimum Gasteiger partial charge on any atom is -0.469 e. The SMILES string of the molecule is C=CCCCCCCCCC(=O)OC. The Balaban J connectivity index is 2.98. The van der Waals surface area contributed by atoms with Gasteiger partial charge in [-0.25, -0.2) is 0 Å². The monoisotopic (exact) mass is 198 g/mol. The first-order valence-corrected chi connectivity index (χ1v) is 5.49. The van der Waals surface area contributed by atoms with Crippen LogP contribution in [-0.2, 0) is 9.53 Å². The van der Waals surface area contributed by atoms with Crippen molar-refractivity contribution >= 4 is 5.97 Å². The first kappa shape index (κ1) is 13.2. The van der Waals surface area contributed by atoms with Crippen LogP contribution >= 0.6 is 0 Å². The minimum atomic E-state index is -0.0864. The van der Waals surface area contributed by atoms with Crippen LogP contribution in [0.15, 0.2) is 12.7 Å². The summed E-state index contributed by atoms with van der Waals surface area (Å²) in [5, 5.41) is 0. The Morgan fingerprint density at radius 2 is 1.71 bits per heavy atom. The van der Waals surface area contributed by atoms with Crippen molar-refractivity contribution in [3.05, 3.63) is 12.7 Å². The van der Waals surface area contributed by atoms with Gasteiger partial charge in [0.25, 0.3) is 0 Å². The summed E-state index contributed by atoms with van der Waals surface area (Å²) in [6.07, 6.45) is 10.8. The van der Waals surface area contributed by atoms with E-state index < -0.39 is 0 Å². The molecule has 0 aromatic carbocycles. The number of hydrogen-bond donors (Lipinski definition) is 0. The molecule has 0 spiro atoms. The molecule has 0 saturated carbocycles. The van der Waals surface area contributed by atoms with Gasteiger partial charge < -0.3 is 4.74 Å². The Morgan fingerprint density at radius 3 is 2.29 bits per heavy atom. The van der Waals surface area contributed by atoms with E-state index in [-0.39, 0.29) is 5.97 Å². The standard InChI is InChI=1S/C12H22O2/c1-3-4-5-6-7-8-9-10-11-12(13)14-2/h3H,1,4-11H2,2H3. The maximum atomic E-state index is 10.8. The first-order valence-electron chi connectivity index (χ1n) is 5.49. The lowest BCUT2D eigenvalue weighted by Gasteiger charge is -2.00. The molecule has 0 rings (SSSR count). The van der Waals surface area contributed by atoms with Gasteiger partial charge in [0.05, 0.1) is 7.11 Å². The van der Waals surface area contributed by atoms with Crippen LogP contribution in [0.2, 0.25) is 0 Å². The van der Waals surface area contributed by atoms with Gasteiger partial charge in [0.15, 0.2) is 0 Å². The van der Waals surface area contributed by atoms with E-state index in [1.165, 1.54) is 32.8 Å². The van der Waals surface area contributed by atoms with Crippen molar-refractivity contribution < 1.29 is 9.53 Å². The Labute approximate surface area is 87.3 Å². The van der Waals surface area contributed by atoms with Crippen LogP contribution in [0.1, 0.15) is 51.4 Å². The molecular weight excluding hydrogens is 176 g/mol. The van der Waals surface area contributed by atoms with Crippen molar-refractivity contribution in [1.29, 1.82) is 0 Å². The molecule has 2 nitrogen and oxygen atoms in total. The van der Waals surface area contributed by atoms with Crippen molar-refractivity contribution in [3.8, 4) is 0 Å². The fourth-order valence-corrected chi connectivity index (χ4v) is 1.37. The molecule has 82 valence electrons. The van der Waals surface area contributed by atoms with Crippen molar-refractivity contribution in [3.63, 3.8) is 0 Å². The Kier molecular flexibility index (Phi) is 9.71. The third-order valence-corrected chi connectivity index (χ3v) is 2.27. The number of esters is 1. The van der Waals surface area contributed by atoms with Gasteiger partial charge in [0.1, 0.15) is 0 Å². The Morgan fingerprint density at radius 1 is 1.14 bits per heavy atom. The molecule has 0 atom stereocenters. The molecule has 0 N–H and O–H groups in total. The third-order valence-electron chi connectivity index (χ3n) is 2.27. The molecule has 0 aromatic heterocycles. The van der Waals surface area contributed by atoms with Crippen LogP contribution < -0.4 is 0 Å². The van der Waals surface area contributed by atoms with Crippen LogP contribution in [0.3, 0.4) is 0 Å². The smallest absolute Gasteiger partial charge is 0.305 e. The van der Waals surface area contributed by atoms with E-state index in [9.17, 15) is 4.79 Å². The van der Waals surface area contributed by atoms with Gasteiger partial charge in [-0.1, -0.05) is 31.8 Å². The largest absolute Gasteiger partial charge is 0.469 e. The fourth-order valence-electron chi connectivity index (χ4n) is 1.37. The highest BCUT2D eigenvalue weighted by atomic mass is 16.5. The molecule has 0 radical (unpaired) electrons. The van der Waals surface area contributed by atoms with Gasteiger partial charge in [0, 0.05) is 6.42 Å². The zero-order valence-corrected chi connectivity index (χ0v) is 9.26. The van der Waals surface area contributed by atoms with Crippen molar-refractivity contribution in [2.45, 2.75) is 51.4 Å². The number of unbranched alkanes of at least 4 members (excludes halogenated alkanes) is 6. The van der Waals surface area contributed by atoms with Gasteiger partial charge in [-0.3, -0.25) is 4.79 Å². The normalized spacial score (nSPS) is 9.79. The van der Waals surface area contributed by atoms with Crippen LogP contribution in [0.5, 0.6) is 0 Å². The molecule has 0 unspecified atom stereocenters. The van der Waals surface area contributed by atoms with E-state index in [2.05, 4.69) is 11.3 Å². The molecule has 0 amide bonds. The number of ether oxygens (including phenoxy) is 1. The topological polar surface area (TPSA) is 26.3 Å². The second-order valence-corrected chi connectivity index (χ2v) is 3.52. The molecule has 0 aliphatic heterocycles. The summed E-state index contributed by atoms with van der Waals surface area (Å²) in [6.45, 7) is 3.69. The molecule has 0 aliphatic rings. The second kappa shape index (κ2) is 10.3. The summed E-state index contributed by atoms with van der Waals surface area (Å²) in [4.78, 5) is 10.8. The van der Waals surface area contributed by atoms with Crippen LogP contribution in [0.4, 0.5) is 0 Å². The van der Waals surface area contributed by atoms with Crippen molar-refractivity contribution in [1.82, 2.24) is 0 Å². The van der Waals surface area contributed by atoms with E-state index in [4.69, 9.17) is 0 Å². The Bertz CT molecular complexity index is 152. The van der Waals surface area contributed by atoms with E-state index in [0.29, 0.717) is 6.42 Å². The number of carbonyl (C=O) groups excluding carboxylic acids is 1. The minimum absolute atomic E-state index is 0.0864. The maximum Gasteiger partial charge on any atom is 0.305 e. The molecule has 14 heavy (non-hydrogen) atoms.